The van der Waals surface area contributed by atoms with Crippen LogP contribution in [0.1, 0.15) is 40.9 Å². The first-order chi connectivity index (χ1) is 19.2. The third kappa shape index (κ3) is 5.59. The minimum atomic E-state index is -2.99. The summed E-state index contributed by atoms with van der Waals surface area (Å²) in [5.74, 6) is -1.49. The Balaban J connectivity index is 1.27. The number of benzene rings is 1. The lowest BCUT2D eigenvalue weighted by Crippen LogP contribution is -2.40. The van der Waals surface area contributed by atoms with Crippen LogP contribution < -0.4 is 16.0 Å². The van der Waals surface area contributed by atoms with E-state index < -0.39 is 29.3 Å². The van der Waals surface area contributed by atoms with E-state index in [1.807, 2.05) is 17.0 Å². The summed E-state index contributed by atoms with van der Waals surface area (Å²) in [4.78, 5) is 38.7. The number of nitrogens with two attached hydrogens (primary N) is 1. The highest BCUT2D eigenvalue weighted by molar-refractivity contribution is 6.31. The lowest BCUT2D eigenvalue weighted by atomic mass is 10.0. The quantitative estimate of drug-likeness (QED) is 0.324. The summed E-state index contributed by atoms with van der Waals surface area (Å²) < 4.78 is 43.2. The SMILES string of the molecule is NC(=O)C1CCCN1c1ccc(Cn2cc(NC(=O)c3cncc(-c4c(C(F)F)ccc(Cl)c4F)n3)cn2)cn1. The number of alkyl halides is 2. The molecule has 1 unspecified atom stereocenters. The second kappa shape index (κ2) is 11.3. The number of anilines is 2. The number of pyridine rings is 1. The molecule has 0 aliphatic carbocycles. The zero-order chi connectivity index (χ0) is 28.4. The van der Waals surface area contributed by atoms with Gasteiger partial charge in [0.25, 0.3) is 12.3 Å². The molecular weight excluding hydrogens is 549 g/mol. The van der Waals surface area contributed by atoms with Crippen LogP contribution in [-0.2, 0) is 11.3 Å². The Kier molecular flexibility index (Phi) is 7.65. The molecule has 3 N–H and O–H groups in total. The van der Waals surface area contributed by atoms with Crippen molar-refractivity contribution in [3.63, 3.8) is 0 Å². The van der Waals surface area contributed by atoms with E-state index in [1.54, 1.807) is 17.1 Å². The number of halogens is 4. The fourth-order valence-corrected chi connectivity index (χ4v) is 4.67. The van der Waals surface area contributed by atoms with Gasteiger partial charge in [-0.25, -0.2) is 23.1 Å². The summed E-state index contributed by atoms with van der Waals surface area (Å²) in [6, 6.07) is 5.35. The van der Waals surface area contributed by atoms with Gasteiger partial charge in [-0.3, -0.25) is 19.3 Å². The van der Waals surface area contributed by atoms with E-state index in [0.717, 1.165) is 36.5 Å². The van der Waals surface area contributed by atoms with Crippen LogP contribution in [0.2, 0.25) is 5.02 Å². The number of aromatic nitrogens is 5. The Morgan fingerprint density at radius 1 is 1.15 bits per heavy atom. The fourth-order valence-electron chi connectivity index (χ4n) is 4.52. The molecule has 1 saturated heterocycles. The van der Waals surface area contributed by atoms with E-state index in [2.05, 4.69) is 25.4 Å². The smallest absolute Gasteiger partial charge is 0.275 e. The van der Waals surface area contributed by atoms with Gasteiger partial charge in [0, 0.05) is 30.1 Å². The molecule has 0 spiro atoms. The van der Waals surface area contributed by atoms with E-state index in [-0.39, 0.29) is 28.4 Å². The normalized spacial score (nSPS) is 15.0. The number of nitrogens with zero attached hydrogens (tertiary/aromatic N) is 6. The zero-order valence-electron chi connectivity index (χ0n) is 20.8. The molecular formula is C26H22ClF3N8O2. The third-order valence-corrected chi connectivity index (χ3v) is 6.70. The number of nitrogens with one attached hydrogen (secondary N) is 1. The van der Waals surface area contributed by atoms with E-state index in [4.69, 9.17) is 17.3 Å². The summed E-state index contributed by atoms with van der Waals surface area (Å²) in [6.07, 6.45) is 5.45. The monoisotopic (exact) mass is 570 g/mol. The van der Waals surface area contributed by atoms with Crippen LogP contribution in [0, 0.1) is 5.82 Å². The van der Waals surface area contributed by atoms with Gasteiger partial charge >= 0.3 is 0 Å². The Bertz CT molecular complexity index is 1560. The average molecular weight is 571 g/mol. The standard InChI is InChI=1S/C26H22ClF3N8O2/c27-17-5-4-16(24(29)30)22(23(17)28)18-10-32-11-19(36-18)26(40)35-15-9-34-37(13-15)12-14-3-6-21(33-8-14)38-7-1-2-20(38)25(31)39/h3-6,8-11,13,20,24H,1-2,7,12H2,(H2,31,39)(H,35,40). The predicted octanol–water partition coefficient (Wildman–Crippen LogP) is 4.22. The zero-order valence-corrected chi connectivity index (χ0v) is 21.5. The van der Waals surface area contributed by atoms with Crippen LogP contribution in [0.3, 0.4) is 0 Å². The third-order valence-electron chi connectivity index (χ3n) is 6.41. The fraction of sp³-hybridized carbons (Fsp3) is 0.231. The van der Waals surface area contributed by atoms with Crippen molar-refractivity contribution in [3.05, 3.63) is 82.9 Å². The van der Waals surface area contributed by atoms with Crippen molar-refractivity contribution in [2.45, 2.75) is 31.9 Å². The molecule has 1 aromatic carbocycles. The molecule has 4 heterocycles. The molecule has 3 aromatic heterocycles. The van der Waals surface area contributed by atoms with Gasteiger partial charge in [-0.2, -0.15) is 5.10 Å². The Hall–Kier alpha value is -4.52. The lowest BCUT2D eigenvalue weighted by Gasteiger charge is -2.23. The topological polar surface area (TPSA) is 132 Å². The second-order valence-electron chi connectivity index (χ2n) is 9.07. The van der Waals surface area contributed by atoms with Crippen molar-refractivity contribution in [3.8, 4) is 11.3 Å². The number of primary amides is 1. The molecule has 0 bridgehead atoms. The highest BCUT2D eigenvalue weighted by Gasteiger charge is 2.30. The Morgan fingerprint density at radius 3 is 2.70 bits per heavy atom. The van der Waals surface area contributed by atoms with E-state index in [0.29, 0.717) is 31.0 Å². The van der Waals surface area contributed by atoms with Gasteiger partial charge in [-0.1, -0.05) is 23.7 Å². The van der Waals surface area contributed by atoms with E-state index >= 15 is 0 Å². The maximum atomic E-state index is 14.6. The highest BCUT2D eigenvalue weighted by atomic mass is 35.5. The van der Waals surface area contributed by atoms with Crippen molar-refractivity contribution in [2.75, 3.05) is 16.8 Å². The molecule has 206 valence electrons. The van der Waals surface area contributed by atoms with Crippen molar-refractivity contribution in [2.24, 2.45) is 5.73 Å². The molecule has 5 rings (SSSR count). The number of rotatable bonds is 8. The summed E-state index contributed by atoms with van der Waals surface area (Å²) >= 11 is 5.79. The Labute approximate surface area is 231 Å². The molecule has 4 aromatic rings. The minimum Gasteiger partial charge on any atom is -0.368 e. The molecule has 0 saturated carbocycles. The summed E-state index contributed by atoms with van der Waals surface area (Å²) in [5, 5.41) is 6.48. The molecule has 1 atom stereocenters. The molecule has 0 radical (unpaired) electrons. The van der Waals surface area contributed by atoms with Gasteiger partial charge in [0.1, 0.15) is 17.6 Å². The van der Waals surface area contributed by atoms with Crippen molar-refractivity contribution in [1.29, 1.82) is 0 Å². The van der Waals surface area contributed by atoms with Crippen LogP contribution in [0.4, 0.5) is 24.7 Å². The van der Waals surface area contributed by atoms with Crippen LogP contribution in [-0.4, -0.2) is 49.1 Å². The van der Waals surface area contributed by atoms with Gasteiger partial charge in [0.2, 0.25) is 5.91 Å². The molecule has 14 heteroatoms. The second-order valence-corrected chi connectivity index (χ2v) is 9.48. The molecule has 2 amide bonds. The van der Waals surface area contributed by atoms with Crippen LogP contribution in [0.25, 0.3) is 11.3 Å². The molecule has 1 aliphatic rings. The van der Waals surface area contributed by atoms with Crippen molar-refractivity contribution >= 4 is 34.9 Å². The molecule has 1 fully saturated rings. The number of amides is 2. The lowest BCUT2D eigenvalue weighted by molar-refractivity contribution is -0.119. The number of hydrogen-bond donors (Lipinski definition) is 2. The van der Waals surface area contributed by atoms with Gasteiger partial charge in [0.05, 0.1) is 41.5 Å². The summed E-state index contributed by atoms with van der Waals surface area (Å²) in [6.45, 7) is 1.05. The van der Waals surface area contributed by atoms with Gasteiger partial charge in [-0.15, -0.1) is 0 Å². The largest absolute Gasteiger partial charge is 0.368 e. The van der Waals surface area contributed by atoms with Gasteiger partial charge < -0.3 is 16.0 Å². The maximum absolute atomic E-state index is 14.6. The summed E-state index contributed by atoms with van der Waals surface area (Å²) in [7, 11) is 0. The van der Waals surface area contributed by atoms with Crippen LogP contribution in [0.5, 0.6) is 0 Å². The minimum absolute atomic E-state index is 0.221. The maximum Gasteiger partial charge on any atom is 0.275 e. The Morgan fingerprint density at radius 2 is 1.98 bits per heavy atom. The average Bonchev–Trinajstić information content (AvgIpc) is 3.60. The first-order valence-corrected chi connectivity index (χ1v) is 12.5. The number of carbonyl (C=O) groups excluding carboxylic acids is 2. The van der Waals surface area contributed by atoms with Crippen molar-refractivity contribution < 1.29 is 22.8 Å². The number of hydrogen-bond acceptors (Lipinski definition) is 7. The first kappa shape index (κ1) is 27.1. The van der Waals surface area contributed by atoms with Gasteiger partial charge in [-0.05, 0) is 30.5 Å². The van der Waals surface area contributed by atoms with E-state index in [1.165, 1.54) is 6.20 Å². The molecule has 40 heavy (non-hydrogen) atoms. The van der Waals surface area contributed by atoms with Crippen molar-refractivity contribution in [1.82, 2.24) is 24.7 Å². The first-order valence-electron chi connectivity index (χ1n) is 12.1. The van der Waals surface area contributed by atoms with Crippen LogP contribution >= 0.6 is 11.6 Å². The number of carbonyl (C=O) groups is 2. The van der Waals surface area contributed by atoms with E-state index in [9.17, 15) is 22.8 Å². The highest BCUT2D eigenvalue weighted by Crippen LogP contribution is 2.35. The summed E-state index contributed by atoms with van der Waals surface area (Å²) in [5.41, 5.74) is 5.04. The van der Waals surface area contributed by atoms with Gasteiger partial charge in [0.15, 0.2) is 5.82 Å². The molecule has 10 nitrogen and oxygen atoms in total. The van der Waals surface area contributed by atoms with Crippen LogP contribution in [0.15, 0.2) is 55.2 Å². The molecule has 1 aliphatic heterocycles. The predicted molar refractivity (Wildman–Crippen MR) is 140 cm³/mol.